The molecule has 0 bridgehead atoms. The highest BCUT2D eigenvalue weighted by molar-refractivity contribution is 5.98. The second-order valence-electron chi connectivity index (χ2n) is 6.55. The molecule has 1 aliphatic rings. The summed E-state index contributed by atoms with van der Waals surface area (Å²) < 4.78 is 78.7. The minimum absolute atomic E-state index is 0.296. The van der Waals surface area contributed by atoms with Gasteiger partial charge in [0, 0.05) is 13.1 Å². The fourth-order valence-corrected chi connectivity index (χ4v) is 2.82. The number of hydrogen-bond donors (Lipinski definition) is 3. The lowest BCUT2D eigenvalue weighted by atomic mass is 10.00. The summed E-state index contributed by atoms with van der Waals surface area (Å²) >= 11 is 0. The first-order chi connectivity index (χ1) is 12.8. The molecule has 0 aliphatic carbocycles. The number of nitrogens with one attached hydrogen (secondary N) is 1. The van der Waals surface area contributed by atoms with Gasteiger partial charge in [0.25, 0.3) is 5.91 Å². The summed E-state index contributed by atoms with van der Waals surface area (Å²) in [5, 5.41) is 11.5. The van der Waals surface area contributed by atoms with Gasteiger partial charge in [-0.05, 0) is 25.3 Å². The second-order valence-corrected chi connectivity index (χ2v) is 6.55. The number of alkyl halides is 6. The van der Waals surface area contributed by atoms with Gasteiger partial charge in [-0.25, -0.2) is 4.98 Å². The van der Waals surface area contributed by atoms with Crippen LogP contribution in [0.1, 0.15) is 42.2 Å². The predicted molar refractivity (Wildman–Crippen MR) is 88.7 cm³/mol. The van der Waals surface area contributed by atoms with Crippen LogP contribution in [0, 0.1) is 0 Å². The SMILES string of the molecule is CC[C@@](O)(CNC(=O)c1nc(N2CCCC2)c(C(F)(F)F)cc1N)C(F)(F)F. The third-order valence-corrected chi connectivity index (χ3v) is 4.61. The van der Waals surface area contributed by atoms with Crippen LogP contribution in [-0.2, 0) is 6.18 Å². The van der Waals surface area contributed by atoms with E-state index in [0.717, 1.165) is 6.92 Å². The first-order valence-corrected chi connectivity index (χ1v) is 8.50. The van der Waals surface area contributed by atoms with E-state index in [9.17, 15) is 36.2 Å². The van der Waals surface area contributed by atoms with Crippen molar-refractivity contribution in [3.63, 3.8) is 0 Å². The first kappa shape index (κ1) is 22.1. The molecule has 0 radical (unpaired) electrons. The zero-order chi connectivity index (χ0) is 21.3. The van der Waals surface area contributed by atoms with E-state index in [1.165, 1.54) is 4.90 Å². The van der Waals surface area contributed by atoms with E-state index in [1.807, 2.05) is 5.32 Å². The zero-order valence-electron chi connectivity index (χ0n) is 14.9. The number of aromatic nitrogens is 1. The van der Waals surface area contributed by atoms with Crippen molar-refractivity contribution in [3.8, 4) is 0 Å². The van der Waals surface area contributed by atoms with E-state index in [4.69, 9.17) is 5.73 Å². The number of rotatable bonds is 5. The Labute approximate surface area is 156 Å². The maximum absolute atomic E-state index is 13.3. The Balaban J connectivity index is 2.34. The minimum Gasteiger partial charge on any atom is -0.397 e. The van der Waals surface area contributed by atoms with Crippen LogP contribution in [0.15, 0.2) is 6.07 Å². The molecule has 0 saturated carbocycles. The molecule has 1 amide bonds. The molecule has 12 heteroatoms. The quantitative estimate of drug-likeness (QED) is 0.645. The van der Waals surface area contributed by atoms with Gasteiger partial charge in [-0.3, -0.25) is 4.79 Å². The smallest absolute Gasteiger partial charge is 0.397 e. The number of carbonyl (C=O) groups is 1. The van der Waals surface area contributed by atoms with Crippen molar-refractivity contribution in [2.75, 3.05) is 30.3 Å². The highest BCUT2D eigenvalue weighted by Crippen LogP contribution is 2.38. The van der Waals surface area contributed by atoms with Gasteiger partial charge >= 0.3 is 12.4 Å². The first-order valence-electron chi connectivity index (χ1n) is 8.50. The fourth-order valence-electron chi connectivity index (χ4n) is 2.82. The van der Waals surface area contributed by atoms with Crippen molar-refractivity contribution >= 4 is 17.4 Å². The molecule has 2 rings (SSSR count). The molecular formula is C16H20F6N4O2. The zero-order valence-corrected chi connectivity index (χ0v) is 14.9. The Bertz CT molecular complexity index is 731. The van der Waals surface area contributed by atoms with Gasteiger partial charge in [-0.2, -0.15) is 26.3 Å². The second kappa shape index (κ2) is 7.64. The van der Waals surface area contributed by atoms with Gasteiger partial charge in [0.2, 0.25) is 0 Å². The molecule has 1 aromatic rings. The summed E-state index contributed by atoms with van der Waals surface area (Å²) in [7, 11) is 0. The molecule has 1 aliphatic heterocycles. The van der Waals surface area contributed by atoms with Crippen LogP contribution >= 0.6 is 0 Å². The van der Waals surface area contributed by atoms with Gasteiger partial charge in [-0.1, -0.05) is 6.92 Å². The third-order valence-electron chi connectivity index (χ3n) is 4.61. The number of aliphatic hydroxyl groups is 1. The average Bonchev–Trinajstić information content (AvgIpc) is 3.11. The Morgan fingerprint density at radius 2 is 1.82 bits per heavy atom. The van der Waals surface area contributed by atoms with Crippen molar-refractivity contribution in [1.29, 1.82) is 0 Å². The molecule has 2 heterocycles. The number of anilines is 2. The van der Waals surface area contributed by atoms with Gasteiger partial charge in [0.05, 0.1) is 12.2 Å². The third kappa shape index (κ3) is 4.42. The van der Waals surface area contributed by atoms with Crippen LogP contribution in [0.2, 0.25) is 0 Å². The topological polar surface area (TPSA) is 91.5 Å². The molecule has 1 aromatic heterocycles. The fraction of sp³-hybridized carbons (Fsp3) is 0.625. The van der Waals surface area contributed by atoms with Crippen molar-refractivity contribution in [1.82, 2.24) is 10.3 Å². The van der Waals surface area contributed by atoms with Crippen LogP contribution in [-0.4, -0.2) is 47.4 Å². The van der Waals surface area contributed by atoms with Crippen molar-refractivity contribution < 1.29 is 36.2 Å². The van der Waals surface area contributed by atoms with Gasteiger partial charge in [-0.15, -0.1) is 0 Å². The number of nitrogens with zero attached hydrogens (tertiary/aromatic N) is 2. The molecule has 1 saturated heterocycles. The molecule has 0 unspecified atom stereocenters. The van der Waals surface area contributed by atoms with E-state index in [0.29, 0.717) is 32.0 Å². The number of nitrogens with two attached hydrogens (primary N) is 1. The van der Waals surface area contributed by atoms with Crippen molar-refractivity contribution in [2.45, 2.75) is 44.1 Å². The molecule has 158 valence electrons. The maximum atomic E-state index is 13.3. The van der Waals surface area contributed by atoms with E-state index in [2.05, 4.69) is 4.98 Å². The van der Waals surface area contributed by atoms with Crippen LogP contribution in [0.25, 0.3) is 0 Å². The lowest BCUT2D eigenvalue weighted by Gasteiger charge is -2.29. The summed E-state index contributed by atoms with van der Waals surface area (Å²) in [4.78, 5) is 17.3. The Kier molecular flexibility index (Phi) is 6.02. The molecular weight excluding hydrogens is 394 g/mol. The summed E-state index contributed by atoms with van der Waals surface area (Å²) in [6, 6.07) is 0.547. The minimum atomic E-state index is -5.01. The van der Waals surface area contributed by atoms with E-state index in [1.54, 1.807) is 0 Å². The van der Waals surface area contributed by atoms with E-state index < -0.39 is 59.6 Å². The lowest BCUT2D eigenvalue weighted by Crippen LogP contribution is -2.53. The molecule has 6 nitrogen and oxygen atoms in total. The van der Waals surface area contributed by atoms with E-state index in [-0.39, 0.29) is 0 Å². The summed E-state index contributed by atoms with van der Waals surface area (Å²) in [5.74, 6) is -1.70. The maximum Gasteiger partial charge on any atom is 0.420 e. The van der Waals surface area contributed by atoms with Crippen LogP contribution < -0.4 is 16.0 Å². The number of nitrogen functional groups attached to an aromatic ring is 1. The molecule has 0 aromatic carbocycles. The predicted octanol–water partition coefficient (Wildman–Crippen LogP) is 2.72. The number of carbonyl (C=O) groups excluding carboxylic acids is 1. The van der Waals surface area contributed by atoms with Crippen LogP contribution in [0.4, 0.5) is 37.8 Å². The number of amides is 1. The molecule has 28 heavy (non-hydrogen) atoms. The molecule has 1 fully saturated rings. The van der Waals surface area contributed by atoms with Crippen molar-refractivity contribution in [3.05, 3.63) is 17.3 Å². The Hall–Kier alpha value is -2.24. The highest BCUT2D eigenvalue weighted by atomic mass is 19.4. The molecule has 1 atom stereocenters. The molecule has 4 N–H and O–H groups in total. The monoisotopic (exact) mass is 414 g/mol. The Morgan fingerprint density at radius 1 is 1.25 bits per heavy atom. The number of hydrogen-bond acceptors (Lipinski definition) is 5. The lowest BCUT2D eigenvalue weighted by molar-refractivity contribution is -0.258. The highest BCUT2D eigenvalue weighted by Gasteiger charge is 2.52. The largest absolute Gasteiger partial charge is 0.420 e. The number of pyridine rings is 1. The summed E-state index contributed by atoms with van der Waals surface area (Å²) in [6.07, 6.45) is -9.23. The van der Waals surface area contributed by atoms with E-state index >= 15 is 0 Å². The normalized spacial score (nSPS) is 17.5. The van der Waals surface area contributed by atoms with Crippen molar-refractivity contribution in [2.24, 2.45) is 0 Å². The number of halogens is 6. The van der Waals surface area contributed by atoms with Crippen LogP contribution in [0.5, 0.6) is 0 Å². The Morgan fingerprint density at radius 3 is 2.29 bits per heavy atom. The standard InChI is InChI=1S/C16H20F6N4O2/c1-2-14(28,16(20,21)22)8-24-13(27)11-10(23)7-9(15(17,18)19)12(25-11)26-5-3-4-6-26/h7,28H,2-6,8,23H2,1H3,(H,24,27)/t14-/m1/s1. The summed E-state index contributed by atoms with van der Waals surface area (Å²) in [5.41, 5.74) is -0.0376. The average molecular weight is 414 g/mol. The van der Waals surface area contributed by atoms with Crippen LogP contribution in [0.3, 0.4) is 0 Å². The van der Waals surface area contributed by atoms with Gasteiger partial charge in [0.1, 0.15) is 11.4 Å². The molecule has 0 spiro atoms. The summed E-state index contributed by atoms with van der Waals surface area (Å²) in [6.45, 7) is 0.484. The van der Waals surface area contributed by atoms with Gasteiger partial charge < -0.3 is 21.1 Å². The van der Waals surface area contributed by atoms with Gasteiger partial charge in [0.15, 0.2) is 11.3 Å².